The van der Waals surface area contributed by atoms with E-state index >= 15 is 0 Å². The van der Waals surface area contributed by atoms with E-state index < -0.39 is 0 Å². The van der Waals surface area contributed by atoms with Crippen LogP contribution in [0.3, 0.4) is 0 Å². The zero-order chi connectivity index (χ0) is 15.0. The maximum atomic E-state index is 12.6. The second-order valence-corrected chi connectivity index (χ2v) is 6.28. The fourth-order valence-electron chi connectivity index (χ4n) is 2.40. The van der Waals surface area contributed by atoms with Crippen molar-refractivity contribution >= 4 is 17.2 Å². The molecule has 2 aromatic rings. The molecule has 5 nitrogen and oxygen atoms in total. The summed E-state index contributed by atoms with van der Waals surface area (Å²) in [6.07, 6.45) is 0.0862. The van der Waals surface area contributed by atoms with Crippen molar-refractivity contribution in [2.24, 2.45) is 0 Å². The number of carbonyl (C=O) groups is 1. The molecule has 0 aliphatic carbocycles. The highest BCUT2D eigenvalue weighted by atomic mass is 32.1. The molecule has 6 heteroatoms. The highest BCUT2D eigenvalue weighted by molar-refractivity contribution is 7.17. The van der Waals surface area contributed by atoms with E-state index in [4.69, 9.17) is 9.15 Å². The Labute approximate surface area is 127 Å². The van der Waals surface area contributed by atoms with Crippen LogP contribution in [0.5, 0.6) is 0 Å². The lowest BCUT2D eigenvalue weighted by Crippen LogP contribution is -2.44. The minimum atomic E-state index is 0.0367. The molecule has 0 radical (unpaired) electrons. The summed E-state index contributed by atoms with van der Waals surface area (Å²) in [5, 5.41) is 0.755. The number of nitrogens with zero attached hydrogens (tertiary/aromatic N) is 2. The van der Waals surface area contributed by atoms with E-state index in [1.54, 1.807) is 0 Å². The van der Waals surface area contributed by atoms with Crippen LogP contribution in [0.4, 0.5) is 0 Å². The molecule has 3 heterocycles. The topological polar surface area (TPSA) is 55.6 Å². The van der Waals surface area contributed by atoms with Gasteiger partial charge >= 0.3 is 0 Å². The monoisotopic (exact) mass is 306 g/mol. The normalized spacial score (nSPS) is 19.0. The summed E-state index contributed by atoms with van der Waals surface area (Å²) in [6.45, 7) is 7.60. The Hall–Kier alpha value is -1.66. The number of aryl methyl sites for hydroxylation is 2. The first-order valence-electron chi connectivity index (χ1n) is 6.99. The van der Waals surface area contributed by atoms with Gasteiger partial charge in [0.05, 0.1) is 18.4 Å². The lowest BCUT2D eigenvalue weighted by Gasteiger charge is -2.30. The molecule has 0 aromatic carbocycles. The minimum absolute atomic E-state index is 0.0367. The van der Waals surface area contributed by atoms with Gasteiger partial charge in [-0.15, -0.1) is 11.3 Å². The second-order valence-electron chi connectivity index (χ2n) is 5.28. The van der Waals surface area contributed by atoms with Gasteiger partial charge in [0.1, 0.15) is 10.6 Å². The summed E-state index contributed by atoms with van der Waals surface area (Å²) in [5.74, 6) is 1.59. The minimum Gasteiger partial charge on any atom is -0.459 e. The third-order valence-electron chi connectivity index (χ3n) is 3.47. The number of amides is 1. The van der Waals surface area contributed by atoms with E-state index in [1.165, 1.54) is 11.3 Å². The van der Waals surface area contributed by atoms with Crippen LogP contribution in [0.2, 0.25) is 0 Å². The second kappa shape index (κ2) is 5.61. The molecule has 1 amide bonds. The van der Waals surface area contributed by atoms with Crippen molar-refractivity contribution in [2.45, 2.75) is 26.9 Å². The molecule has 1 unspecified atom stereocenters. The standard InChI is InChI=1S/C15H18N2O3S/c1-9-4-5-12(20-9)14-16-11(3)13(21-14)15(18)17-6-7-19-10(2)8-17/h4-5,10H,6-8H2,1-3H3. The van der Waals surface area contributed by atoms with Crippen LogP contribution in [-0.2, 0) is 4.74 Å². The fraction of sp³-hybridized carbons (Fsp3) is 0.467. The van der Waals surface area contributed by atoms with E-state index in [2.05, 4.69) is 4.98 Å². The number of furan rings is 1. The number of thiazole rings is 1. The Morgan fingerprint density at radius 1 is 1.43 bits per heavy atom. The third kappa shape index (κ3) is 2.87. The van der Waals surface area contributed by atoms with E-state index in [0.29, 0.717) is 24.6 Å². The molecule has 0 spiro atoms. The van der Waals surface area contributed by atoms with Crippen molar-refractivity contribution in [2.75, 3.05) is 19.7 Å². The third-order valence-corrected chi connectivity index (χ3v) is 4.63. The lowest BCUT2D eigenvalue weighted by molar-refractivity contribution is -0.0122. The molecule has 21 heavy (non-hydrogen) atoms. The molecule has 2 aromatic heterocycles. The molecule has 1 aliphatic rings. The smallest absolute Gasteiger partial charge is 0.266 e. The quantitative estimate of drug-likeness (QED) is 0.856. The summed E-state index contributed by atoms with van der Waals surface area (Å²) in [4.78, 5) is 19.6. The maximum Gasteiger partial charge on any atom is 0.266 e. The molecule has 0 bridgehead atoms. The van der Waals surface area contributed by atoms with Gasteiger partial charge in [0, 0.05) is 13.1 Å². The summed E-state index contributed by atoms with van der Waals surface area (Å²) < 4.78 is 11.1. The zero-order valence-electron chi connectivity index (χ0n) is 12.4. The predicted molar refractivity (Wildman–Crippen MR) is 80.6 cm³/mol. The largest absolute Gasteiger partial charge is 0.459 e. The van der Waals surface area contributed by atoms with E-state index in [9.17, 15) is 4.79 Å². The average molecular weight is 306 g/mol. The van der Waals surface area contributed by atoms with Gasteiger partial charge in [-0.25, -0.2) is 4.98 Å². The summed E-state index contributed by atoms with van der Waals surface area (Å²) >= 11 is 1.39. The van der Waals surface area contributed by atoms with Gasteiger partial charge in [-0.1, -0.05) is 0 Å². The van der Waals surface area contributed by atoms with Gasteiger partial charge in [0.25, 0.3) is 5.91 Å². The van der Waals surface area contributed by atoms with Crippen molar-refractivity contribution in [3.8, 4) is 10.8 Å². The Balaban J connectivity index is 1.85. The van der Waals surface area contributed by atoms with Crippen LogP contribution in [0.15, 0.2) is 16.5 Å². The van der Waals surface area contributed by atoms with Crippen LogP contribution in [0.25, 0.3) is 10.8 Å². The lowest BCUT2D eigenvalue weighted by atomic mass is 10.2. The van der Waals surface area contributed by atoms with Gasteiger partial charge < -0.3 is 14.1 Å². The fourth-order valence-corrected chi connectivity index (χ4v) is 3.39. The first kappa shape index (κ1) is 14.3. The number of rotatable bonds is 2. The van der Waals surface area contributed by atoms with Crippen molar-refractivity contribution in [1.29, 1.82) is 0 Å². The molecule has 0 saturated carbocycles. The molecule has 1 aliphatic heterocycles. The average Bonchev–Trinajstić information content (AvgIpc) is 3.04. The van der Waals surface area contributed by atoms with Gasteiger partial charge in [0.15, 0.2) is 10.8 Å². The van der Waals surface area contributed by atoms with Crippen molar-refractivity contribution in [3.63, 3.8) is 0 Å². The van der Waals surface area contributed by atoms with Gasteiger partial charge in [-0.3, -0.25) is 4.79 Å². The first-order chi connectivity index (χ1) is 10.0. The first-order valence-corrected chi connectivity index (χ1v) is 7.81. The number of ether oxygens (including phenoxy) is 1. The number of hydrogen-bond acceptors (Lipinski definition) is 5. The molecule has 1 fully saturated rings. The SMILES string of the molecule is Cc1ccc(-c2nc(C)c(C(=O)N3CCOC(C)C3)s2)o1. The molecular weight excluding hydrogens is 288 g/mol. The van der Waals surface area contributed by atoms with Crippen LogP contribution in [0.1, 0.15) is 28.0 Å². The van der Waals surface area contributed by atoms with E-state index in [0.717, 1.165) is 22.2 Å². The molecule has 112 valence electrons. The van der Waals surface area contributed by atoms with Crippen molar-refractivity contribution in [1.82, 2.24) is 9.88 Å². The molecular formula is C15H18N2O3S. The maximum absolute atomic E-state index is 12.6. The molecule has 1 atom stereocenters. The summed E-state index contributed by atoms with van der Waals surface area (Å²) in [6, 6.07) is 3.79. The van der Waals surface area contributed by atoms with Crippen LogP contribution in [-0.4, -0.2) is 41.6 Å². The number of hydrogen-bond donors (Lipinski definition) is 0. The van der Waals surface area contributed by atoms with E-state index in [1.807, 2.05) is 37.8 Å². The molecule has 1 saturated heterocycles. The Bertz CT molecular complexity index is 662. The predicted octanol–water partition coefficient (Wildman–Crippen LogP) is 2.88. The van der Waals surface area contributed by atoms with Crippen molar-refractivity contribution in [3.05, 3.63) is 28.5 Å². The van der Waals surface area contributed by atoms with Crippen molar-refractivity contribution < 1.29 is 13.9 Å². The highest BCUT2D eigenvalue weighted by Gasteiger charge is 2.26. The van der Waals surface area contributed by atoms with E-state index in [-0.39, 0.29) is 12.0 Å². The van der Waals surface area contributed by atoms with Crippen LogP contribution < -0.4 is 0 Å². The Morgan fingerprint density at radius 2 is 2.24 bits per heavy atom. The molecule has 3 rings (SSSR count). The Morgan fingerprint density at radius 3 is 2.90 bits per heavy atom. The van der Waals surface area contributed by atoms with Gasteiger partial charge in [-0.05, 0) is 32.9 Å². The number of aromatic nitrogens is 1. The van der Waals surface area contributed by atoms with Crippen LogP contribution in [0, 0.1) is 13.8 Å². The molecule has 0 N–H and O–H groups in total. The van der Waals surface area contributed by atoms with Gasteiger partial charge in [-0.2, -0.15) is 0 Å². The Kier molecular flexibility index (Phi) is 3.82. The summed E-state index contributed by atoms with van der Waals surface area (Å²) in [5.41, 5.74) is 0.758. The zero-order valence-corrected chi connectivity index (χ0v) is 13.2. The summed E-state index contributed by atoms with van der Waals surface area (Å²) in [7, 11) is 0. The number of carbonyl (C=O) groups excluding carboxylic acids is 1. The van der Waals surface area contributed by atoms with Gasteiger partial charge in [0.2, 0.25) is 0 Å². The number of morpholine rings is 1. The van der Waals surface area contributed by atoms with Crippen LogP contribution >= 0.6 is 11.3 Å². The highest BCUT2D eigenvalue weighted by Crippen LogP contribution is 2.30.